The maximum Gasteiger partial charge on any atom is 0.338 e. The molecule has 2 heterocycles. The fraction of sp³-hybridized carbons (Fsp3) is 0.714. The lowest BCUT2D eigenvalue weighted by atomic mass is 9.82. The lowest BCUT2D eigenvalue weighted by Crippen LogP contribution is -2.37. The third-order valence-corrected chi connectivity index (χ3v) is 5.89. The zero-order chi connectivity index (χ0) is 22.2. The van der Waals surface area contributed by atoms with E-state index in [0.717, 1.165) is 0 Å². The largest absolute Gasteiger partial charge is 0.462 e. The average molecular weight is 424 g/mol. The summed E-state index contributed by atoms with van der Waals surface area (Å²) in [4.78, 5) is 47.4. The molecule has 1 aliphatic carbocycles. The molecule has 1 saturated heterocycles. The van der Waals surface area contributed by atoms with Gasteiger partial charge in [0.15, 0.2) is 6.10 Å². The van der Waals surface area contributed by atoms with E-state index in [1.807, 2.05) is 13.8 Å². The van der Waals surface area contributed by atoms with E-state index in [2.05, 4.69) is 0 Å². The molecule has 0 N–H and O–H groups in total. The van der Waals surface area contributed by atoms with Crippen LogP contribution in [-0.4, -0.2) is 60.5 Å². The van der Waals surface area contributed by atoms with E-state index < -0.39 is 53.9 Å². The maximum absolute atomic E-state index is 12.6. The highest BCUT2D eigenvalue weighted by molar-refractivity contribution is 5.93. The molecule has 0 amide bonds. The lowest BCUT2D eigenvalue weighted by molar-refractivity contribution is -0.153. The molecule has 1 saturated carbocycles. The predicted molar refractivity (Wildman–Crippen MR) is 101 cm³/mol. The summed E-state index contributed by atoms with van der Waals surface area (Å²) in [5, 5.41) is 0. The van der Waals surface area contributed by atoms with Crippen LogP contribution in [0.15, 0.2) is 11.1 Å². The van der Waals surface area contributed by atoms with Crippen LogP contribution < -0.4 is 0 Å². The Kier molecular flexibility index (Phi) is 6.21. The van der Waals surface area contributed by atoms with Crippen LogP contribution in [0.3, 0.4) is 0 Å². The Labute approximate surface area is 175 Å². The number of carbonyl (C=O) groups is 4. The van der Waals surface area contributed by atoms with Crippen molar-refractivity contribution < 1.29 is 42.9 Å². The minimum atomic E-state index is -0.802. The van der Waals surface area contributed by atoms with Gasteiger partial charge >= 0.3 is 23.9 Å². The Hall–Kier alpha value is -2.42. The summed E-state index contributed by atoms with van der Waals surface area (Å²) in [6.07, 6.45) is -0.851. The van der Waals surface area contributed by atoms with Crippen molar-refractivity contribution in [3.8, 4) is 0 Å². The van der Waals surface area contributed by atoms with Crippen molar-refractivity contribution in [3.05, 3.63) is 11.1 Å². The van der Waals surface area contributed by atoms with Gasteiger partial charge in [0.05, 0.1) is 11.2 Å². The normalized spacial score (nSPS) is 35.5. The fourth-order valence-electron chi connectivity index (χ4n) is 4.33. The van der Waals surface area contributed by atoms with Crippen LogP contribution in [0, 0.1) is 5.92 Å². The summed E-state index contributed by atoms with van der Waals surface area (Å²) in [5.74, 6) is -2.24. The topological polar surface area (TPSA) is 118 Å². The van der Waals surface area contributed by atoms with Gasteiger partial charge in [0, 0.05) is 26.3 Å². The molecule has 6 atom stereocenters. The highest BCUT2D eigenvalue weighted by atomic mass is 16.7. The summed E-state index contributed by atoms with van der Waals surface area (Å²) in [7, 11) is 0. The zero-order valence-electron chi connectivity index (χ0n) is 17.9. The number of esters is 4. The molecule has 6 unspecified atom stereocenters. The summed E-state index contributed by atoms with van der Waals surface area (Å²) in [6, 6.07) is 0. The van der Waals surface area contributed by atoms with Gasteiger partial charge in [-0.1, -0.05) is 6.92 Å². The molecule has 0 aromatic heterocycles. The Bertz CT molecular complexity index is 785. The van der Waals surface area contributed by atoms with E-state index in [-0.39, 0.29) is 18.1 Å². The second kappa shape index (κ2) is 8.37. The number of ether oxygens (including phenoxy) is 5. The molecule has 2 aliphatic heterocycles. The second-order valence-electron chi connectivity index (χ2n) is 8.39. The van der Waals surface area contributed by atoms with Gasteiger partial charge in [-0.2, -0.15) is 0 Å². The van der Waals surface area contributed by atoms with E-state index in [9.17, 15) is 19.2 Å². The zero-order valence-corrected chi connectivity index (χ0v) is 17.9. The minimum absolute atomic E-state index is 0.163. The van der Waals surface area contributed by atoms with Crippen molar-refractivity contribution in [3.63, 3.8) is 0 Å². The number of fused-ring (bicyclic) bond motifs is 3. The molecular formula is C21H28O9. The number of hydrogen-bond donors (Lipinski definition) is 0. The summed E-state index contributed by atoms with van der Waals surface area (Å²) >= 11 is 0. The van der Waals surface area contributed by atoms with Gasteiger partial charge in [-0.25, -0.2) is 4.79 Å². The van der Waals surface area contributed by atoms with Crippen molar-refractivity contribution in [1.29, 1.82) is 0 Å². The molecule has 9 nitrogen and oxygen atoms in total. The maximum atomic E-state index is 12.6. The summed E-state index contributed by atoms with van der Waals surface area (Å²) in [5.41, 5.74) is 0.0557. The van der Waals surface area contributed by atoms with E-state index in [4.69, 9.17) is 23.7 Å². The third kappa shape index (κ3) is 4.66. The van der Waals surface area contributed by atoms with E-state index in [0.29, 0.717) is 24.8 Å². The highest BCUT2D eigenvalue weighted by Crippen LogP contribution is 2.50. The first-order valence-corrected chi connectivity index (χ1v) is 10.1. The molecular weight excluding hydrogens is 396 g/mol. The van der Waals surface area contributed by atoms with Gasteiger partial charge in [0.1, 0.15) is 24.9 Å². The molecule has 30 heavy (non-hydrogen) atoms. The molecule has 0 bridgehead atoms. The highest BCUT2D eigenvalue weighted by Gasteiger charge is 2.62. The first kappa shape index (κ1) is 22.3. The summed E-state index contributed by atoms with van der Waals surface area (Å²) in [6.45, 7) is 7.41. The van der Waals surface area contributed by atoms with Crippen molar-refractivity contribution >= 4 is 23.9 Å². The monoisotopic (exact) mass is 424 g/mol. The quantitative estimate of drug-likeness (QED) is 0.377. The molecule has 0 aromatic carbocycles. The summed E-state index contributed by atoms with van der Waals surface area (Å²) < 4.78 is 27.7. The number of rotatable bonds is 4. The van der Waals surface area contributed by atoms with Crippen molar-refractivity contribution in [2.75, 3.05) is 6.61 Å². The van der Waals surface area contributed by atoms with Gasteiger partial charge in [-0.3, -0.25) is 14.4 Å². The molecule has 3 rings (SSSR count). The minimum Gasteiger partial charge on any atom is -0.462 e. The molecule has 0 spiro atoms. The van der Waals surface area contributed by atoms with Gasteiger partial charge in [0.2, 0.25) is 0 Å². The van der Waals surface area contributed by atoms with Gasteiger partial charge in [-0.05, 0) is 32.1 Å². The molecule has 0 radical (unpaired) electrons. The predicted octanol–water partition coefficient (Wildman–Crippen LogP) is 1.61. The molecule has 166 valence electrons. The van der Waals surface area contributed by atoms with E-state index >= 15 is 0 Å². The van der Waals surface area contributed by atoms with Crippen LogP contribution >= 0.6 is 0 Å². The Morgan fingerprint density at radius 1 is 1.10 bits per heavy atom. The SMILES string of the molecule is CC(=O)OCC1=C2C(OC(C)=O)CC(C)C(OC(C)=O)CCC3(C)OC3C2OC1=O. The van der Waals surface area contributed by atoms with Gasteiger partial charge < -0.3 is 23.7 Å². The standard InChI is InChI=1S/C21H28O9/c1-10-8-16(28-13(4)24)17-14(9-26-11(2)22)20(25)29-18(17)19-21(5,30-19)7-6-15(10)27-12(3)23/h10,15-16,18-19H,6-9H2,1-5H3. The van der Waals surface area contributed by atoms with Crippen LogP contribution in [0.1, 0.15) is 53.9 Å². The van der Waals surface area contributed by atoms with E-state index in [1.165, 1.54) is 20.8 Å². The molecule has 0 aromatic rings. The lowest BCUT2D eigenvalue weighted by Gasteiger charge is -2.31. The van der Waals surface area contributed by atoms with Crippen molar-refractivity contribution in [1.82, 2.24) is 0 Å². The Morgan fingerprint density at radius 2 is 1.77 bits per heavy atom. The van der Waals surface area contributed by atoms with Gasteiger partial charge in [0.25, 0.3) is 0 Å². The Balaban J connectivity index is 2.02. The third-order valence-electron chi connectivity index (χ3n) is 5.89. The Morgan fingerprint density at radius 3 is 2.37 bits per heavy atom. The average Bonchev–Trinajstić information content (AvgIpc) is 3.18. The van der Waals surface area contributed by atoms with Crippen LogP contribution in [0.4, 0.5) is 0 Å². The van der Waals surface area contributed by atoms with Crippen LogP contribution in [0.25, 0.3) is 0 Å². The van der Waals surface area contributed by atoms with Crippen molar-refractivity contribution in [2.24, 2.45) is 5.92 Å². The van der Waals surface area contributed by atoms with E-state index in [1.54, 1.807) is 0 Å². The first-order chi connectivity index (χ1) is 14.0. The fourth-order valence-corrected chi connectivity index (χ4v) is 4.33. The van der Waals surface area contributed by atoms with Crippen LogP contribution in [0.2, 0.25) is 0 Å². The van der Waals surface area contributed by atoms with Crippen LogP contribution in [-0.2, 0) is 42.9 Å². The van der Waals surface area contributed by atoms with Crippen LogP contribution in [0.5, 0.6) is 0 Å². The molecule has 2 fully saturated rings. The molecule has 9 heteroatoms. The van der Waals surface area contributed by atoms with Gasteiger partial charge in [-0.15, -0.1) is 0 Å². The molecule has 3 aliphatic rings. The second-order valence-corrected chi connectivity index (χ2v) is 8.39. The number of carbonyl (C=O) groups excluding carboxylic acids is 4. The first-order valence-electron chi connectivity index (χ1n) is 10.1. The smallest absolute Gasteiger partial charge is 0.338 e. The number of epoxide rings is 1. The van der Waals surface area contributed by atoms with Crippen molar-refractivity contribution in [2.45, 2.75) is 83.9 Å². The number of hydrogen-bond acceptors (Lipinski definition) is 9.